The highest BCUT2D eigenvalue weighted by molar-refractivity contribution is 6.00. The van der Waals surface area contributed by atoms with E-state index in [1.54, 1.807) is 25.1 Å². The van der Waals surface area contributed by atoms with Gasteiger partial charge < -0.3 is 10.2 Å². The maximum Gasteiger partial charge on any atom is 0.270 e. The van der Waals surface area contributed by atoms with Crippen molar-refractivity contribution in [2.75, 3.05) is 19.0 Å². The fourth-order valence-electron chi connectivity index (χ4n) is 3.19. The third kappa shape index (κ3) is 4.60. The zero-order valence-corrected chi connectivity index (χ0v) is 16.6. The van der Waals surface area contributed by atoms with Crippen LogP contribution in [0.25, 0.3) is 11.1 Å². The normalized spacial score (nSPS) is 11.6. The summed E-state index contributed by atoms with van der Waals surface area (Å²) >= 11 is 0. The van der Waals surface area contributed by atoms with Crippen LogP contribution in [-0.2, 0) is 0 Å². The molecule has 0 aliphatic carbocycles. The minimum atomic E-state index is -0.497. The Morgan fingerprint density at radius 2 is 1.66 bits per heavy atom. The smallest absolute Gasteiger partial charge is 0.270 e. The number of hydrogen-bond acceptors (Lipinski definition) is 4. The second kappa shape index (κ2) is 8.56. The van der Waals surface area contributed by atoms with Crippen molar-refractivity contribution in [2.24, 2.45) is 0 Å². The molecule has 0 aromatic heterocycles. The number of nitrogens with one attached hydrogen (secondary N) is 1. The highest BCUT2D eigenvalue weighted by atomic mass is 16.6. The zero-order chi connectivity index (χ0) is 21.0. The van der Waals surface area contributed by atoms with E-state index in [9.17, 15) is 14.9 Å². The molecule has 0 spiro atoms. The van der Waals surface area contributed by atoms with Crippen molar-refractivity contribution in [3.05, 3.63) is 94.0 Å². The number of carbonyl (C=O) groups is 1. The third-order valence-electron chi connectivity index (χ3n) is 4.76. The summed E-state index contributed by atoms with van der Waals surface area (Å²) in [5, 5.41) is 14.1. The van der Waals surface area contributed by atoms with E-state index < -0.39 is 4.92 Å². The highest BCUT2D eigenvalue weighted by Crippen LogP contribution is 2.26. The summed E-state index contributed by atoms with van der Waals surface area (Å²) in [5.74, 6) is -0.352. The van der Waals surface area contributed by atoms with E-state index >= 15 is 0 Å². The van der Waals surface area contributed by atoms with Gasteiger partial charge in [0, 0.05) is 31.9 Å². The lowest BCUT2D eigenvalue weighted by molar-refractivity contribution is -0.384. The molecular formula is C23H23N3O3. The van der Waals surface area contributed by atoms with Gasteiger partial charge in [-0.1, -0.05) is 48.5 Å². The first-order chi connectivity index (χ1) is 13.9. The molecular weight excluding hydrogens is 366 g/mol. The molecule has 1 atom stereocenters. The largest absolute Gasteiger partial charge is 0.377 e. The van der Waals surface area contributed by atoms with Crippen LogP contribution in [0.3, 0.4) is 0 Å². The molecule has 6 nitrogen and oxygen atoms in total. The molecule has 1 amide bonds. The van der Waals surface area contributed by atoms with Gasteiger partial charge in [0.2, 0.25) is 0 Å². The van der Waals surface area contributed by atoms with Gasteiger partial charge in [0.1, 0.15) is 0 Å². The van der Waals surface area contributed by atoms with Crippen molar-refractivity contribution in [3.63, 3.8) is 0 Å². The van der Waals surface area contributed by atoms with Crippen molar-refractivity contribution in [1.82, 2.24) is 5.32 Å². The summed E-state index contributed by atoms with van der Waals surface area (Å²) in [6.07, 6.45) is 0. The van der Waals surface area contributed by atoms with Crippen LogP contribution in [0.5, 0.6) is 0 Å². The van der Waals surface area contributed by atoms with Gasteiger partial charge in [0.15, 0.2) is 0 Å². The predicted molar refractivity (Wildman–Crippen MR) is 115 cm³/mol. The zero-order valence-electron chi connectivity index (χ0n) is 16.6. The second-order valence-electron chi connectivity index (χ2n) is 7.04. The Hall–Kier alpha value is -3.67. The monoisotopic (exact) mass is 389 g/mol. The average molecular weight is 389 g/mol. The van der Waals surface area contributed by atoms with Crippen molar-refractivity contribution in [3.8, 4) is 11.1 Å². The van der Waals surface area contributed by atoms with E-state index in [1.165, 1.54) is 12.1 Å². The first-order valence-corrected chi connectivity index (χ1v) is 9.29. The third-order valence-corrected chi connectivity index (χ3v) is 4.76. The minimum absolute atomic E-state index is 0.112. The molecule has 0 heterocycles. The van der Waals surface area contributed by atoms with Crippen molar-refractivity contribution in [1.29, 1.82) is 0 Å². The van der Waals surface area contributed by atoms with Crippen molar-refractivity contribution >= 4 is 17.3 Å². The van der Waals surface area contributed by atoms with Crippen LogP contribution in [-0.4, -0.2) is 24.9 Å². The molecule has 0 bridgehead atoms. The van der Waals surface area contributed by atoms with E-state index in [4.69, 9.17) is 0 Å². The Bertz CT molecular complexity index is 1030. The molecule has 0 fully saturated rings. The van der Waals surface area contributed by atoms with Crippen LogP contribution < -0.4 is 10.2 Å². The van der Waals surface area contributed by atoms with Crippen LogP contribution in [0.4, 0.5) is 11.4 Å². The molecule has 29 heavy (non-hydrogen) atoms. The molecule has 1 N–H and O–H groups in total. The van der Waals surface area contributed by atoms with Gasteiger partial charge in [-0.3, -0.25) is 14.9 Å². The van der Waals surface area contributed by atoms with Crippen LogP contribution in [0.1, 0.15) is 28.9 Å². The SMILES string of the molecule is CC(NC(=O)c1cc([N+](=O)[O-])ccc1N(C)C)c1cccc(-c2ccccc2)c1. The number of nitrogens with zero attached hydrogens (tertiary/aromatic N) is 2. The molecule has 3 aromatic carbocycles. The number of nitro groups is 1. The molecule has 0 aliphatic heterocycles. The van der Waals surface area contributed by atoms with Crippen molar-refractivity contribution in [2.45, 2.75) is 13.0 Å². The lowest BCUT2D eigenvalue weighted by Gasteiger charge is -2.20. The van der Waals surface area contributed by atoms with Crippen LogP contribution in [0, 0.1) is 10.1 Å². The number of anilines is 1. The number of carbonyl (C=O) groups excluding carboxylic acids is 1. The van der Waals surface area contributed by atoms with Gasteiger partial charge in [0.05, 0.1) is 16.5 Å². The van der Waals surface area contributed by atoms with E-state index in [2.05, 4.69) is 5.32 Å². The van der Waals surface area contributed by atoms with E-state index in [0.29, 0.717) is 5.69 Å². The van der Waals surface area contributed by atoms with Crippen LogP contribution in [0.15, 0.2) is 72.8 Å². The molecule has 6 heteroatoms. The van der Waals surface area contributed by atoms with Crippen molar-refractivity contribution < 1.29 is 9.72 Å². The predicted octanol–water partition coefficient (Wildman–Crippen LogP) is 4.82. The standard InChI is InChI=1S/C23H23N3O3/c1-16(18-10-7-11-19(14-18)17-8-5-4-6-9-17)24-23(27)21-15-20(26(28)29)12-13-22(21)25(2)3/h4-16H,1-3H3,(H,24,27). The molecule has 1 unspecified atom stereocenters. The second-order valence-corrected chi connectivity index (χ2v) is 7.04. The summed E-state index contributed by atoms with van der Waals surface area (Å²) in [4.78, 5) is 25.3. The lowest BCUT2D eigenvalue weighted by Crippen LogP contribution is -2.28. The number of non-ortho nitro benzene ring substituents is 1. The Morgan fingerprint density at radius 3 is 2.31 bits per heavy atom. The quantitative estimate of drug-likeness (QED) is 0.484. The first-order valence-electron chi connectivity index (χ1n) is 9.29. The summed E-state index contributed by atoms with van der Waals surface area (Å²) < 4.78 is 0. The minimum Gasteiger partial charge on any atom is -0.377 e. The Labute approximate surface area is 169 Å². The number of amides is 1. The van der Waals surface area contributed by atoms with E-state index in [-0.39, 0.29) is 23.2 Å². The van der Waals surface area contributed by atoms with Crippen LogP contribution in [0.2, 0.25) is 0 Å². The first kappa shape index (κ1) is 20.1. The molecule has 0 saturated carbocycles. The topological polar surface area (TPSA) is 75.5 Å². The van der Waals surface area contributed by atoms with Gasteiger partial charge in [-0.15, -0.1) is 0 Å². The number of benzene rings is 3. The summed E-state index contributed by atoms with van der Waals surface area (Å²) in [6, 6.07) is 22.0. The van der Waals surface area contributed by atoms with Gasteiger partial charge >= 0.3 is 0 Å². The number of rotatable bonds is 6. The summed E-state index contributed by atoms with van der Waals surface area (Å²) in [6.45, 7) is 1.90. The summed E-state index contributed by atoms with van der Waals surface area (Å²) in [7, 11) is 3.59. The number of hydrogen-bond donors (Lipinski definition) is 1. The van der Waals surface area contributed by atoms with E-state index in [1.807, 2.05) is 61.5 Å². The molecule has 3 aromatic rings. The van der Waals surface area contributed by atoms with E-state index in [0.717, 1.165) is 16.7 Å². The van der Waals surface area contributed by atoms with Crippen LogP contribution >= 0.6 is 0 Å². The number of nitro benzene ring substituents is 1. The maximum atomic E-state index is 12.9. The molecule has 0 radical (unpaired) electrons. The summed E-state index contributed by atoms with van der Waals surface area (Å²) in [5.41, 5.74) is 3.90. The molecule has 0 aliphatic rings. The van der Waals surface area contributed by atoms with Gasteiger partial charge in [-0.05, 0) is 35.7 Å². The lowest BCUT2D eigenvalue weighted by atomic mass is 10.00. The maximum absolute atomic E-state index is 12.9. The van der Waals surface area contributed by atoms with Gasteiger partial charge in [0.25, 0.3) is 11.6 Å². The highest BCUT2D eigenvalue weighted by Gasteiger charge is 2.20. The Kier molecular flexibility index (Phi) is 5.93. The van der Waals surface area contributed by atoms with Gasteiger partial charge in [-0.2, -0.15) is 0 Å². The fraction of sp³-hybridized carbons (Fsp3) is 0.174. The molecule has 148 valence electrons. The average Bonchev–Trinajstić information content (AvgIpc) is 2.73. The molecule has 3 rings (SSSR count). The Balaban J connectivity index is 1.86. The molecule has 0 saturated heterocycles. The Morgan fingerprint density at radius 1 is 0.966 bits per heavy atom. The fourth-order valence-corrected chi connectivity index (χ4v) is 3.19. The van der Waals surface area contributed by atoms with Gasteiger partial charge in [-0.25, -0.2) is 0 Å².